The van der Waals surface area contributed by atoms with E-state index in [1.54, 1.807) is 4.90 Å². The van der Waals surface area contributed by atoms with Crippen molar-refractivity contribution < 1.29 is 30.7 Å². The Kier molecular flexibility index (Phi) is 5.78. The molecular weight excluding hydrogens is 353 g/mol. The van der Waals surface area contributed by atoms with E-state index in [2.05, 4.69) is 11.9 Å². The van der Waals surface area contributed by atoms with Gasteiger partial charge in [0.05, 0.1) is 11.1 Å². The fraction of sp³-hybridized carbons (Fsp3) is 0.500. The summed E-state index contributed by atoms with van der Waals surface area (Å²) in [5, 5.41) is 3.02. The molecule has 1 aromatic rings. The van der Waals surface area contributed by atoms with Crippen LogP contribution in [0.25, 0.3) is 0 Å². The van der Waals surface area contributed by atoms with Gasteiger partial charge in [-0.05, 0) is 18.6 Å². The lowest BCUT2D eigenvalue weighted by Gasteiger charge is -2.36. The molecule has 2 rings (SSSR count). The second kappa shape index (κ2) is 7.33. The molecule has 140 valence electrons. The van der Waals surface area contributed by atoms with E-state index >= 15 is 0 Å². The fourth-order valence-electron chi connectivity index (χ4n) is 2.96. The molecule has 0 saturated carbocycles. The minimum absolute atomic E-state index is 0.00857. The third kappa shape index (κ3) is 4.52. The molecule has 0 aliphatic carbocycles. The molecule has 1 aliphatic rings. The van der Waals surface area contributed by atoms with Crippen molar-refractivity contribution in [3.05, 3.63) is 47.3 Å². The average molecular weight is 370 g/mol. The Bertz CT molecular complexity index is 616. The van der Waals surface area contributed by atoms with E-state index in [9.17, 15) is 30.7 Å². The predicted octanol–water partition coefficient (Wildman–Crippen LogP) is 4.39. The first-order valence-electron chi connectivity index (χ1n) is 7.59. The lowest BCUT2D eigenvalue weighted by Crippen LogP contribution is -2.45. The number of rotatable bonds is 4. The Morgan fingerprint density at radius 2 is 1.68 bits per heavy atom. The maximum Gasteiger partial charge on any atom is 0.416 e. The lowest BCUT2D eigenvalue weighted by atomic mass is 9.93. The van der Waals surface area contributed by atoms with Gasteiger partial charge in [0.15, 0.2) is 0 Å². The van der Waals surface area contributed by atoms with Crippen LogP contribution in [0.2, 0.25) is 0 Å². The van der Waals surface area contributed by atoms with Gasteiger partial charge in [-0.15, -0.1) is 6.58 Å². The largest absolute Gasteiger partial charge is 0.416 e. The summed E-state index contributed by atoms with van der Waals surface area (Å²) in [6.07, 6.45) is -8.84. The normalized spacial score (nSPS) is 18.2. The van der Waals surface area contributed by atoms with E-state index in [-0.39, 0.29) is 18.6 Å². The molecule has 1 heterocycles. The minimum atomic E-state index is -5.11. The van der Waals surface area contributed by atoms with Gasteiger partial charge >= 0.3 is 12.4 Å². The van der Waals surface area contributed by atoms with Gasteiger partial charge in [-0.25, -0.2) is 4.39 Å². The second-order valence-corrected chi connectivity index (χ2v) is 5.74. The van der Waals surface area contributed by atoms with E-state index < -0.39 is 40.9 Å². The quantitative estimate of drug-likeness (QED) is 0.625. The Labute approximate surface area is 140 Å². The Morgan fingerprint density at radius 3 is 2.16 bits per heavy atom. The first kappa shape index (κ1) is 19.7. The van der Waals surface area contributed by atoms with Gasteiger partial charge in [0, 0.05) is 37.8 Å². The summed E-state index contributed by atoms with van der Waals surface area (Å²) in [5.41, 5.74) is -4.01. The summed E-state index contributed by atoms with van der Waals surface area (Å²) in [5.74, 6) is -1.51. The molecule has 9 heteroatoms. The molecule has 0 aromatic heterocycles. The molecule has 0 radical (unpaired) electrons. The molecule has 1 aliphatic heterocycles. The van der Waals surface area contributed by atoms with Crippen molar-refractivity contribution in [3.8, 4) is 0 Å². The zero-order valence-corrected chi connectivity index (χ0v) is 13.1. The van der Waals surface area contributed by atoms with Crippen LogP contribution >= 0.6 is 0 Å². The van der Waals surface area contributed by atoms with Gasteiger partial charge in [0.1, 0.15) is 5.82 Å². The Morgan fingerprint density at radius 1 is 1.08 bits per heavy atom. The first-order valence-corrected chi connectivity index (χ1v) is 7.59. The number of halogens is 7. The highest BCUT2D eigenvalue weighted by atomic mass is 19.4. The maximum atomic E-state index is 14.4. The van der Waals surface area contributed by atoms with Crippen LogP contribution in [0.1, 0.15) is 29.2 Å². The molecule has 0 amide bonds. The number of piperazine rings is 1. The molecule has 2 nitrogen and oxygen atoms in total. The van der Waals surface area contributed by atoms with E-state index in [1.807, 2.05) is 0 Å². The number of hydrogen-bond donors (Lipinski definition) is 1. The van der Waals surface area contributed by atoms with Gasteiger partial charge in [-0.3, -0.25) is 4.90 Å². The standard InChI is InChI=1S/C16H17F7N2/c1-2-3-13(25-6-4-24-5-7-25)14-11(16(21,22)23)8-10(9-12(14)17)15(18,19)20/h2,8-9,13,24H,1,3-7H2/t13-/m0/s1. The number of alkyl halides is 6. The van der Waals surface area contributed by atoms with Gasteiger partial charge in [-0.1, -0.05) is 6.08 Å². The van der Waals surface area contributed by atoms with E-state index in [4.69, 9.17) is 0 Å². The van der Waals surface area contributed by atoms with Crippen molar-refractivity contribution in [2.75, 3.05) is 26.2 Å². The molecule has 1 atom stereocenters. The molecule has 25 heavy (non-hydrogen) atoms. The Hall–Kier alpha value is -1.61. The topological polar surface area (TPSA) is 15.3 Å². The Balaban J connectivity index is 2.61. The van der Waals surface area contributed by atoms with Gasteiger partial charge < -0.3 is 5.32 Å². The second-order valence-electron chi connectivity index (χ2n) is 5.74. The van der Waals surface area contributed by atoms with Crippen LogP contribution in [0.5, 0.6) is 0 Å². The summed E-state index contributed by atoms with van der Waals surface area (Å²) >= 11 is 0. The smallest absolute Gasteiger partial charge is 0.314 e. The third-order valence-corrected chi connectivity index (χ3v) is 4.08. The van der Waals surface area contributed by atoms with Crippen LogP contribution in [-0.4, -0.2) is 31.1 Å². The van der Waals surface area contributed by atoms with E-state index in [0.29, 0.717) is 26.2 Å². The third-order valence-electron chi connectivity index (χ3n) is 4.08. The summed E-state index contributed by atoms with van der Waals surface area (Å²) in [7, 11) is 0. The molecular formula is C16H17F7N2. The fourth-order valence-corrected chi connectivity index (χ4v) is 2.96. The molecule has 0 unspecified atom stereocenters. The van der Waals surface area contributed by atoms with Crippen LogP contribution in [0.4, 0.5) is 30.7 Å². The van der Waals surface area contributed by atoms with Crippen molar-refractivity contribution in [3.63, 3.8) is 0 Å². The van der Waals surface area contributed by atoms with Gasteiger partial charge in [0.25, 0.3) is 0 Å². The minimum Gasteiger partial charge on any atom is -0.314 e. The van der Waals surface area contributed by atoms with Crippen LogP contribution in [0, 0.1) is 5.82 Å². The summed E-state index contributed by atoms with van der Waals surface area (Å²) in [6, 6.07) is -0.918. The van der Waals surface area contributed by atoms with Gasteiger partial charge in [-0.2, -0.15) is 26.3 Å². The number of benzene rings is 1. The zero-order chi connectivity index (χ0) is 18.8. The van der Waals surface area contributed by atoms with E-state index in [1.165, 1.54) is 6.08 Å². The van der Waals surface area contributed by atoms with Crippen molar-refractivity contribution >= 4 is 0 Å². The van der Waals surface area contributed by atoms with Gasteiger partial charge in [0.2, 0.25) is 0 Å². The zero-order valence-electron chi connectivity index (χ0n) is 13.1. The van der Waals surface area contributed by atoms with Crippen LogP contribution < -0.4 is 5.32 Å². The van der Waals surface area contributed by atoms with Crippen LogP contribution in [0.3, 0.4) is 0 Å². The summed E-state index contributed by atoms with van der Waals surface area (Å²) < 4.78 is 93.0. The van der Waals surface area contributed by atoms with Crippen molar-refractivity contribution in [2.45, 2.75) is 24.8 Å². The molecule has 1 aromatic carbocycles. The molecule has 0 bridgehead atoms. The maximum absolute atomic E-state index is 14.4. The number of hydrogen-bond acceptors (Lipinski definition) is 2. The van der Waals surface area contributed by atoms with Crippen molar-refractivity contribution in [1.29, 1.82) is 0 Å². The number of nitrogens with zero attached hydrogens (tertiary/aromatic N) is 1. The van der Waals surface area contributed by atoms with Crippen LogP contribution in [-0.2, 0) is 12.4 Å². The molecule has 1 saturated heterocycles. The highest BCUT2D eigenvalue weighted by molar-refractivity contribution is 5.39. The average Bonchev–Trinajstić information content (AvgIpc) is 2.51. The monoisotopic (exact) mass is 370 g/mol. The lowest BCUT2D eigenvalue weighted by molar-refractivity contribution is -0.144. The highest BCUT2D eigenvalue weighted by Gasteiger charge is 2.42. The summed E-state index contributed by atoms with van der Waals surface area (Å²) in [6.45, 7) is 5.18. The highest BCUT2D eigenvalue weighted by Crippen LogP contribution is 2.42. The number of nitrogens with one attached hydrogen (secondary N) is 1. The molecule has 1 fully saturated rings. The molecule has 0 spiro atoms. The van der Waals surface area contributed by atoms with Crippen LogP contribution in [0.15, 0.2) is 24.8 Å². The van der Waals surface area contributed by atoms with E-state index in [0.717, 1.165) is 0 Å². The van der Waals surface area contributed by atoms with Crippen molar-refractivity contribution in [2.24, 2.45) is 0 Å². The SMILES string of the molecule is C=CC[C@@H](c1c(F)cc(C(F)(F)F)cc1C(F)(F)F)N1CCNCC1. The predicted molar refractivity (Wildman–Crippen MR) is 78.4 cm³/mol. The molecule has 1 N–H and O–H groups in total. The summed E-state index contributed by atoms with van der Waals surface area (Å²) in [4.78, 5) is 1.62. The van der Waals surface area contributed by atoms with Crippen molar-refractivity contribution in [1.82, 2.24) is 10.2 Å². The first-order chi connectivity index (χ1) is 11.6.